The van der Waals surface area contributed by atoms with Crippen molar-refractivity contribution in [3.05, 3.63) is 102 Å². The summed E-state index contributed by atoms with van der Waals surface area (Å²) in [5.41, 5.74) is 6.03. The van der Waals surface area contributed by atoms with E-state index >= 15 is 0 Å². The highest BCUT2D eigenvalue weighted by Crippen LogP contribution is 2.21. The number of fused-ring (bicyclic) bond motifs is 1. The monoisotopic (exact) mass is 378 g/mol. The molecule has 3 heteroatoms. The maximum absolute atomic E-state index is 5.36. The number of hydrogen-bond donors (Lipinski definition) is 0. The Morgan fingerprint density at radius 3 is 2.34 bits per heavy atom. The predicted octanol–water partition coefficient (Wildman–Crippen LogP) is 6.42. The molecule has 0 saturated carbocycles. The highest BCUT2D eigenvalue weighted by molar-refractivity contribution is 5.77. The molecule has 0 aliphatic carbocycles. The molecule has 4 rings (SSSR count). The Balaban J connectivity index is 1.40. The lowest BCUT2D eigenvalue weighted by Gasteiger charge is -2.03. The fraction of sp³-hybridized carbons (Fsp3) is 0.0769. The molecule has 0 unspecified atom stereocenters. The van der Waals surface area contributed by atoms with Crippen LogP contribution in [0.15, 0.2) is 91.1 Å². The smallest absolute Gasteiger partial charge is 0.126 e. The molecule has 3 nitrogen and oxygen atoms in total. The zero-order valence-corrected chi connectivity index (χ0v) is 16.3. The Bertz CT molecular complexity index is 1160. The van der Waals surface area contributed by atoms with Crippen LogP contribution in [0.5, 0.6) is 5.75 Å². The normalized spacial score (nSPS) is 11.5. The van der Waals surface area contributed by atoms with Crippen LogP contribution in [0.1, 0.15) is 17.5 Å². The minimum atomic E-state index is 0.857. The fourth-order valence-electron chi connectivity index (χ4n) is 3.14. The third kappa shape index (κ3) is 4.58. The van der Waals surface area contributed by atoms with Crippen LogP contribution in [0.3, 0.4) is 0 Å². The Labute approximate surface area is 171 Å². The number of rotatable bonds is 6. The summed E-state index contributed by atoms with van der Waals surface area (Å²) in [6.07, 6.45) is 11.2. The van der Waals surface area contributed by atoms with E-state index in [1.807, 2.05) is 54.7 Å². The van der Waals surface area contributed by atoms with Crippen molar-refractivity contribution >= 4 is 23.2 Å². The van der Waals surface area contributed by atoms with Crippen LogP contribution in [-0.4, -0.2) is 17.1 Å². The number of benzene rings is 3. The first-order valence-corrected chi connectivity index (χ1v) is 9.62. The molecule has 142 valence electrons. The van der Waals surface area contributed by atoms with Crippen LogP contribution < -0.4 is 4.74 Å². The minimum Gasteiger partial charge on any atom is -0.496 e. The Morgan fingerprint density at radius 1 is 0.793 bits per heavy atom. The lowest BCUT2D eigenvalue weighted by Crippen LogP contribution is -1.88. The summed E-state index contributed by atoms with van der Waals surface area (Å²) < 4.78 is 5.36. The van der Waals surface area contributed by atoms with Gasteiger partial charge in [-0.15, -0.1) is 0 Å². The first-order chi connectivity index (χ1) is 14.3. The quantitative estimate of drug-likeness (QED) is 0.388. The molecule has 0 spiro atoms. The van der Waals surface area contributed by atoms with E-state index in [9.17, 15) is 0 Å². The average Bonchev–Trinajstić information content (AvgIpc) is 2.79. The molecule has 29 heavy (non-hydrogen) atoms. The van der Waals surface area contributed by atoms with Gasteiger partial charge < -0.3 is 4.74 Å². The zero-order chi connectivity index (χ0) is 19.9. The van der Waals surface area contributed by atoms with Gasteiger partial charge in [0, 0.05) is 11.1 Å². The van der Waals surface area contributed by atoms with Gasteiger partial charge in [-0.05, 0) is 30.2 Å². The molecule has 0 N–H and O–H groups in total. The highest BCUT2D eigenvalue weighted by atomic mass is 16.5. The number of ether oxygens (including phenoxy) is 1. The van der Waals surface area contributed by atoms with Crippen molar-refractivity contribution in [3.63, 3.8) is 0 Å². The Morgan fingerprint density at radius 2 is 1.52 bits per heavy atom. The molecule has 0 fully saturated rings. The molecule has 0 aliphatic rings. The van der Waals surface area contributed by atoms with Crippen molar-refractivity contribution in [2.75, 3.05) is 7.11 Å². The number of aromatic nitrogens is 2. The van der Waals surface area contributed by atoms with E-state index < -0.39 is 0 Å². The number of hydrogen-bond acceptors (Lipinski definition) is 3. The summed E-state index contributed by atoms with van der Waals surface area (Å²) in [6.45, 7) is 0. The van der Waals surface area contributed by atoms with Crippen LogP contribution in [0.4, 0.5) is 0 Å². The van der Waals surface area contributed by atoms with Gasteiger partial charge in [-0.1, -0.05) is 78.9 Å². The summed E-state index contributed by atoms with van der Waals surface area (Å²) in [5, 5.41) is 0. The van der Waals surface area contributed by atoms with Crippen molar-refractivity contribution in [3.8, 4) is 17.0 Å². The van der Waals surface area contributed by atoms with Crippen molar-refractivity contribution in [1.29, 1.82) is 0 Å². The van der Waals surface area contributed by atoms with Gasteiger partial charge in [-0.3, -0.25) is 4.98 Å². The summed E-state index contributed by atoms with van der Waals surface area (Å²) in [4.78, 5) is 9.20. The number of methoxy groups -OCH3 is 1. The second-order valence-electron chi connectivity index (χ2n) is 6.65. The number of allylic oxidation sites excluding steroid dienone is 2. The molecular formula is C26H22N2O. The second-order valence-corrected chi connectivity index (χ2v) is 6.65. The highest BCUT2D eigenvalue weighted by Gasteiger charge is 2.02. The third-order valence-corrected chi connectivity index (χ3v) is 4.67. The molecule has 0 amide bonds. The van der Waals surface area contributed by atoms with Gasteiger partial charge >= 0.3 is 0 Å². The lowest BCUT2D eigenvalue weighted by molar-refractivity contribution is 0.414. The van der Waals surface area contributed by atoms with Crippen LogP contribution in [-0.2, 0) is 0 Å². The van der Waals surface area contributed by atoms with E-state index in [4.69, 9.17) is 9.72 Å². The lowest BCUT2D eigenvalue weighted by atomic mass is 10.1. The predicted molar refractivity (Wildman–Crippen MR) is 121 cm³/mol. The largest absolute Gasteiger partial charge is 0.496 e. The fourth-order valence-corrected chi connectivity index (χ4v) is 3.14. The van der Waals surface area contributed by atoms with E-state index in [1.165, 1.54) is 0 Å². The SMILES string of the molecule is COc1ccccc1C=CCC=Cc1ccc(-c2cnc3ccccc3n2)cc1. The minimum absolute atomic E-state index is 0.857. The van der Waals surface area contributed by atoms with E-state index in [0.29, 0.717) is 0 Å². The summed E-state index contributed by atoms with van der Waals surface area (Å²) in [5.74, 6) is 0.889. The van der Waals surface area contributed by atoms with E-state index in [-0.39, 0.29) is 0 Å². The van der Waals surface area contributed by atoms with Crippen LogP contribution in [0.25, 0.3) is 34.4 Å². The summed E-state index contributed by atoms with van der Waals surface area (Å²) in [6, 6.07) is 24.3. The van der Waals surface area contributed by atoms with Crippen LogP contribution in [0, 0.1) is 0 Å². The van der Waals surface area contributed by atoms with Crippen molar-refractivity contribution < 1.29 is 4.74 Å². The maximum atomic E-state index is 5.36. The Hall–Kier alpha value is -3.72. The molecule has 3 aromatic carbocycles. The van der Waals surface area contributed by atoms with E-state index in [0.717, 1.165) is 45.6 Å². The molecule has 0 aliphatic heterocycles. The topological polar surface area (TPSA) is 35.0 Å². The zero-order valence-electron chi connectivity index (χ0n) is 16.3. The summed E-state index contributed by atoms with van der Waals surface area (Å²) >= 11 is 0. The van der Waals surface area contributed by atoms with Gasteiger partial charge in [-0.25, -0.2) is 4.98 Å². The molecule has 0 radical (unpaired) electrons. The molecule has 0 saturated heterocycles. The van der Waals surface area contributed by atoms with Crippen LogP contribution in [0.2, 0.25) is 0 Å². The van der Waals surface area contributed by atoms with Crippen molar-refractivity contribution in [2.45, 2.75) is 6.42 Å². The maximum Gasteiger partial charge on any atom is 0.126 e. The molecule has 0 atom stereocenters. The van der Waals surface area contributed by atoms with Gasteiger partial charge in [-0.2, -0.15) is 0 Å². The van der Waals surface area contributed by atoms with Crippen molar-refractivity contribution in [2.24, 2.45) is 0 Å². The number of para-hydroxylation sites is 3. The van der Waals surface area contributed by atoms with Gasteiger partial charge in [0.25, 0.3) is 0 Å². The van der Waals surface area contributed by atoms with Crippen molar-refractivity contribution in [1.82, 2.24) is 9.97 Å². The molecule has 4 aromatic rings. The van der Waals surface area contributed by atoms with Gasteiger partial charge in [0.2, 0.25) is 0 Å². The first-order valence-electron chi connectivity index (χ1n) is 9.62. The molecule has 1 aromatic heterocycles. The van der Waals surface area contributed by atoms with E-state index in [1.54, 1.807) is 7.11 Å². The standard InChI is InChI=1S/C26H22N2O/c1-29-26-14-8-5-11-22(26)10-4-2-3-9-20-15-17-21(18-16-20)25-19-27-23-12-6-7-13-24(23)28-25/h3-19H,2H2,1H3. The number of nitrogens with zero attached hydrogens (tertiary/aromatic N) is 2. The van der Waals surface area contributed by atoms with Gasteiger partial charge in [0.15, 0.2) is 0 Å². The third-order valence-electron chi connectivity index (χ3n) is 4.67. The molecular weight excluding hydrogens is 356 g/mol. The van der Waals surface area contributed by atoms with Gasteiger partial charge in [0.05, 0.1) is 30.0 Å². The average molecular weight is 378 g/mol. The Kier molecular flexibility index (Phi) is 5.77. The summed E-state index contributed by atoms with van der Waals surface area (Å²) in [7, 11) is 1.69. The van der Waals surface area contributed by atoms with E-state index in [2.05, 4.69) is 53.6 Å². The molecule has 0 bridgehead atoms. The first kappa shape index (κ1) is 18.6. The van der Waals surface area contributed by atoms with Gasteiger partial charge in [0.1, 0.15) is 5.75 Å². The second kappa shape index (κ2) is 8.98. The van der Waals surface area contributed by atoms with Crippen LogP contribution >= 0.6 is 0 Å². The molecule has 1 heterocycles.